The summed E-state index contributed by atoms with van der Waals surface area (Å²) in [5.74, 6) is 3.42. The number of benzene rings is 1. The van der Waals surface area contributed by atoms with Crippen molar-refractivity contribution in [3.63, 3.8) is 0 Å². The van der Waals surface area contributed by atoms with Crippen LogP contribution < -0.4 is 19.9 Å². The Morgan fingerprint density at radius 1 is 1.20 bits per heavy atom. The van der Waals surface area contributed by atoms with Crippen molar-refractivity contribution in [3.05, 3.63) is 17.7 Å². The van der Waals surface area contributed by atoms with Crippen molar-refractivity contribution in [3.8, 4) is 17.2 Å². The largest absolute Gasteiger partial charge is 0.493 e. The smallest absolute Gasteiger partial charge is 0.364 e. The van der Waals surface area contributed by atoms with Crippen LogP contribution in [-0.2, 0) is 4.79 Å². The number of hydrogen-bond donors (Lipinski definition) is 2. The lowest BCUT2D eigenvalue weighted by Crippen LogP contribution is -2.43. The molecule has 3 atom stereocenters. The van der Waals surface area contributed by atoms with E-state index < -0.39 is 5.30 Å². The molecule has 1 aromatic rings. The number of thioether (sulfide) groups is 1. The number of carboxylic acid groups (broad SMARTS) is 1. The highest BCUT2D eigenvalue weighted by Crippen LogP contribution is 2.45. The highest BCUT2D eigenvalue weighted by Gasteiger charge is 2.36. The average Bonchev–Trinajstić information content (AvgIpc) is 3.57. The molecular weight excluding hydrogens is 530 g/mol. The molecule has 1 amide bonds. The number of likely N-dealkylation sites (tertiary alicyclic amines) is 1. The van der Waals surface area contributed by atoms with Crippen molar-refractivity contribution < 1.29 is 28.9 Å². The Morgan fingerprint density at radius 2 is 1.93 bits per heavy atom. The van der Waals surface area contributed by atoms with Crippen LogP contribution in [0.4, 0.5) is 4.79 Å². The fourth-order valence-corrected chi connectivity index (χ4v) is 5.56. The molecule has 0 aliphatic carbocycles. The van der Waals surface area contributed by atoms with Gasteiger partial charge in [-0.05, 0) is 86.2 Å². The third kappa shape index (κ3) is 10.7. The van der Waals surface area contributed by atoms with Gasteiger partial charge in [0.1, 0.15) is 0 Å². The van der Waals surface area contributed by atoms with Gasteiger partial charge in [-0.25, -0.2) is 4.79 Å². The van der Waals surface area contributed by atoms with E-state index in [-0.39, 0.29) is 12.7 Å². The minimum absolute atomic E-state index is 0.231. The number of nitrogens with two attached hydrogens (primary N) is 1. The molecule has 1 fully saturated rings. The summed E-state index contributed by atoms with van der Waals surface area (Å²) in [5, 5.41) is 6.86. The number of fused-ring (bicyclic) bond motifs is 1. The van der Waals surface area contributed by atoms with Crippen molar-refractivity contribution in [1.82, 2.24) is 9.80 Å². The van der Waals surface area contributed by atoms with Gasteiger partial charge in [0, 0.05) is 25.7 Å². The molecule has 0 saturated carbocycles. The van der Waals surface area contributed by atoms with Crippen LogP contribution >= 0.6 is 11.8 Å². The summed E-state index contributed by atoms with van der Waals surface area (Å²) in [6.07, 6.45) is 10.2. The molecule has 40 heavy (non-hydrogen) atoms. The second kappa shape index (κ2) is 18.3. The third-order valence-corrected chi connectivity index (χ3v) is 8.01. The molecule has 10 heteroatoms. The quantitative estimate of drug-likeness (QED) is 0.248. The van der Waals surface area contributed by atoms with E-state index in [4.69, 9.17) is 25.1 Å². The van der Waals surface area contributed by atoms with Gasteiger partial charge in [-0.3, -0.25) is 9.69 Å². The topological polar surface area (TPSA) is 115 Å². The molecule has 2 aliphatic heterocycles. The monoisotopic (exact) mass is 581 g/mol. The first-order valence-electron chi connectivity index (χ1n) is 14.7. The van der Waals surface area contributed by atoms with Gasteiger partial charge in [0.15, 0.2) is 11.5 Å². The fraction of sp³-hybridized carbons (Fsp3) is 0.733. The Bertz CT molecular complexity index is 918. The number of amides is 1. The SMILES string of the molecule is CCCCN(CCCCN)C(=O)CN1CC(c2cc(OC)c3c(c2)OCO3)C[C@@H]1CC(C)CCC.CSC(=O)O. The fourth-order valence-electron chi connectivity index (χ4n) is 5.56. The average molecular weight is 582 g/mol. The summed E-state index contributed by atoms with van der Waals surface area (Å²) >= 11 is 0.796. The first-order chi connectivity index (χ1) is 19.3. The molecule has 0 spiro atoms. The van der Waals surface area contributed by atoms with Crippen molar-refractivity contribution in [1.29, 1.82) is 0 Å². The molecule has 1 saturated heterocycles. The molecule has 2 unspecified atom stereocenters. The number of methoxy groups -OCH3 is 1. The van der Waals surface area contributed by atoms with Crippen molar-refractivity contribution in [2.75, 3.05) is 52.9 Å². The predicted octanol–water partition coefficient (Wildman–Crippen LogP) is 5.80. The lowest BCUT2D eigenvalue weighted by Gasteiger charge is -2.30. The summed E-state index contributed by atoms with van der Waals surface area (Å²) in [6.45, 7) is 10.7. The van der Waals surface area contributed by atoms with Crippen LogP contribution in [0, 0.1) is 5.92 Å². The minimum atomic E-state index is -0.829. The summed E-state index contributed by atoms with van der Waals surface area (Å²) in [6, 6.07) is 4.60. The Labute approximate surface area is 245 Å². The second-order valence-electron chi connectivity index (χ2n) is 10.8. The van der Waals surface area contributed by atoms with Crippen molar-refractivity contribution in [2.24, 2.45) is 11.7 Å². The number of hydrogen-bond acceptors (Lipinski definition) is 8. The summed E-state index contributed by atoms with van der Waals surface area (Å²) in [7, 11) is 1.67. The van der Waals surface area contributed by atoms with Gasteiger partial charge >= 0.3 is 5.30 Å². The zero-order valence-electron chi connectivity index (χ0n) is 25.2. The molecule has 0 aromatic heterocycles. The lowest BCUT2D eigenvalue weighted by atomic mass is 9.91. The Kier molecular flexibility index (Phi) is 15.6. The number of carbonyl (C=O) groups is 2. The molecule has 2 heterocycles. The summed E-state index contributed by atoms with van der Waals surface area (Å²) in [4.78, 5) is 27.3. The maximum absolute atomic E-state index is 13.4. The molecule has 1 aromatic carbocycles. The van der Waals surface area contributed by atoms with Gasteiger partial charge in [-0.1, -0.05) is 40.0 Å². The Morgan fingerprint density at radius 3 is 2.55 bits per heavy atom. The van der Waals surface area contributed by atoms with Gasteiger partial charge in [-0.2, -0.15) is 0 Å². The Hall–Kier alpha value is -2.17. The summed E-state index contributed by atoms with van der Waals surface area (Å²) < 4.78 is 16.9. The van der Waals surface area contributed by atoms with Crippen molar-refractivity contribution >= 4 is 23.0 Å². The van der Waals surface area contributed by atoms with Gasteiger partial charge in [-0.15, -0.1) is 0 Å². The predicted molar refractivity (Wildman–Crippen MR) is 162 cm³/mol. The number of nitrogens with zero attached hydrogens (tertiary/aromatic N) is 2. The van der Waals surface area contributed by atoms with E-state index in [1.54, 1.807) is 7.11 Å². The van der Waals surface area contributed by atoms with Crippen LogP contribution in [0.5, 0.6) is 17.2 Å². The van der Waals surface area contributed by atoms with Crippen LogP contribution in [0.15, 0.2) is 12.1 Å². The maximum Gasteiger partial charge on any atom is 0.364 e. The number of rotatable bonds is 15. The van der Waals surface area contributed by atoms with Gasteiger partial charge in [0.25, 0.3) is 0 Å². The van der Waals surface area contributed by atoms with Crippen molar-refractivity contribution in [2.45, 2.75) is 84.1 Å². The Balaban J connectivity index is 0.00000103. The van der Waals surface area contributed by atoms with E-state index in [0.717, 1.165) is 81.4 Å². The molecule has 2 aliphatic rings. The van der Waals surface area contributed by atoms with Gasteiger partial charge in [0.05, 0.1) is 13.7 Å². The van der Waals surface area contributed by atoms with E-state index >= 15 is 0 Å². The third-order valence-electron chi connectivity index (χ3n) is 7.67. The minimum Gasteiger partial charge on any atom is -0.493 e. The van der Waals surface area contributed by atoms with E-state index in [1.807, 2.05) is 0 Å². The molecule has 228 valence electrons. The molecule has 3 N–H and O–H groups in total. The first-order valence-corrected chi connectivity index (χ1v) is 16.0. The number of unbranched alkanes of at least 4 members (excludes halogenated alkanes) is 2. The normalized spacial score (nSPS) is 18.6. The van der Waals surface area contributed by atoms with Crippen LogP contribution in [0.3, 0.4) is 0 Å². The van der Waals surface area contributed by atoms with Crippen LogP contribution in [0.25, 0.3) is 0 Å². The number of ether oxygens (including phenoxy) is 3. The highest BCUT2D eigenvalue weighted by molar-refractivity contribution is 8.12. The molecule has 3 rings (SSSR count). The standard InChI is InChI=1S/C28H47N3O4.C2H4O2S/c1-5-7-12-30(13-9-8-11-29)27(32)19-31-18-23(15-24(31)14-21(3)10-6-2)22-16-25(33-4)28-26(17-22)34-20-35-28;1-5-2(3)4/h16-17,21,23-24H,5-15,18-20,29H2,1-4H3;1H3,(H,3,4)/t21?,23?,24-;/m0./s1. The zero-order valence-corrected chi connectivity index (χ0v) is 26.0. The maximum atomic E-state index is 13.4. The van der Waals surface area contributed by atoms with E-state index in [1.165, 1.54) is 24.7 Å². The van der Waals surface area contributed by atoms with Gasteiger partial charge in [0.2, 0.25) is 18.4 Å². The van der Waals surface area contributed by atoms with Crippen LogP contribution in [-0.4, -0.2) is 85.0 Å². The second-order valence-corrected chi connectivity index (χ2v) is 11.6. The molecular formula is C30H51N3O6S. The van der Waals surface area contributed by atoms with Gasteiger partial charge < -0.3 is 30.0 Å². The first kappa shape index (κ1) is 34.0. The van der Waals surface area contributed by atoms with E-state index in [2.05, 4.69) is 42.7 Å². The molecule has 0 radical (unpaired) electrons. The van der Waals surface area contributed by atoms with E-state index in [0.29, 0.717) is 36.7 Å². The lowest BCUT2D eigenvalue weighted by molar-refractivity contribution is -0.133. The summed E-state index contributed by atoms with van der Waals surface area (Å²) in [5.41, 5.74) is 6.91. The zero-order chi connectivity index (χ0) is 29.5. The van der Waals surface area contributed by atoms with Crippen LogP contribution in [0.2, 0.25) is 0 Å². The van der Waals surface area contributed by atoms with E-state index in [9.17, 15) is 9.59 Å². The molecule has 0 bridgehead atoms. The number of carbonyl (C=O) groups excluding carboxylic acids is 1. The highest BCUT2D eigenvalue weighted by atomic mass is 32.2. The van der Waals surface area contributed by atoms with Crippen LogP contribution in [0.1, 0.15) is 83.6 Å². The molecule has 9 nitrogen and oxygen atoms in total.